The van der Waals surface area contributed by atoms with Gasteiger partial charge in [-0.2, -0.15) is 4.39 Å². The summed E-state index contributed by atoms with van der Waals surface area (Å²) in [5.41, 5.74) is 3.63. The van der Waals surface area contributed by atoms with Crippen LogP contribution in [0, 0.1) is 12.9 Å². The molecule has 3 rings (SSSR count). The zero-order valence-corrected chi connectivity index (χ0v) is 10.2. The number of imidazole rings is 1. The number of nitrogens with zero attached hydrogens (tertiary/aromatic N) is 3. The Morgan fingerprint density at radius 2 is 2.00 bits per heavy atom. The lowest BCUT2D eigenvalue weighted by molar-refractivity contribution is 0.583. The molecule has 0 aliphatic carbocycles. The third-order valence-corrected chi connectivity index (χ3v) is 3.10. The molecule has 0 spiro atoms. The first-order chi connectivity index (χ1) is 8.66. The van der Waals surface area contributed by atoms with Crippen molar-refractivity contribution in [1.82, 2.24) is 14.5 Å². The quantitative estimate of drug-likeness (QED) is 0.613. The van der Waals surface area contributed by atoms with Crippen molar-refractivity contribution in [2.45, 2.75) is 6.92 Å². The van der Waals surface area contributed by atoms with Crippen molar-refractivity contribution in [1.29, 1.82) is 0 Å². The number of pyridine rings is 1. The van der Waals surface area contributed by atoms with Crippen LogP contribution in [0.15, 0.2) is 36.5 Å². The predicted molar refractivity (Wildman–Crippen MR) is 68.6 cm³/mol. The fraction of sp³-hybridized carbons (Fsp3) is 0.143. The minimum Gasteiger partial charge on any atom is -0.327 e. The molecule has 0 unspecified atom stereocenters. The third kappa shape index (κ3) is 1.57. The van der Waals surface area contributed by atoms with E-state index in [1.165, 1.54) is 12.3 Å². The van der Waals surface area contributed by atoms with E-state index in [9.17, 15) is 4.39 Å². The highest BCUT2D eigenvalue weighted by Crippen LogP contribution is 2.25. The van der Waals surface area contributed by atoms with Crippen molar-refractivity contribution in [2.24, 2.45) is 7.05 Å². The summed E-state index contributed by atoms with van der Waals surface area (Å²) in [5, 5.41) is 0. The molecule has 0 fully saturated rings. The molecule has 4 heteroatoms. The Hall–Kier alpha value is -2.23. The topological polar surface area (TPSA) is 30.7 Å². The van der Waals surface area contributed by atoms with Gasteiger partial charge >= 0.3 is 0 Å². The number of aryl methyl sites for hydroxylation is 2. The molecule has 90 valence electrons. The molecule has 2 aromatic heterocycles. The third-order valence-electron chi connectivity index (χ3n) is 3.10. The Morgan fingerprint density at radius 1 is 1.22 bits per heavy atom. The first-order valence-corrected chi connectivity index (χ1v) is 5.71. The van der Waals surface area contributed by atoms with Gasteiger partial charge in [-0.3, -0.25) is 0 Å². The number of benzene rings is 1. The summed E-state index contributed by atoms with van der Waals surface area (Å²) in [6.07, 6.45) is 1.53. The van der Waals surface area contributed by atoms with E-state index in [2.05, 4.69) is 9.97 Å². The van der Waals surface area contributed by atoms with Crippen LogP contribution in [0.2, 0.25) is 0 Å². The van der Waals surface area contributed by atoms with Gasteiger partial charge in [-0.15, -0.1) is 0 Å². The van der Waals surface area contributed by atoms with Crippen LogP contribution in [-0.4, -0.2) is 14.5 Å². The molecule has 18 heavy (non-hydrogen) atoms. The Kier molecular flexibility index (Phi) is 2.37. The van der Waals surface area contributed by atoms with Gasteiger partial charge in [0.2, 0.25) is 5.95 Å². The summed E-state index contributed by atoms with van der Waals surface area (Å²) in [6.45, 7) is 1.90. The number of hydrogen-bond acceptors (Lipinski definition) is 2. The van der Waals surface area contributed by atoms with Crippen molar-refractivity contribution in [2.75, 3.05) is 0 Å². The molecule has 3 aromatic rings. The average Bonchev–Trinajstić information content (AvgIpc) is 2.71. The summed E-state index contributed by atoms with van der Waals surface area (Å²) in [7, 11) is 1.93. The highest BCUT2D eigenvalue weighted by atomic mass is 19.1. The van der Waals surface area contributed by atoms with Gasteiger partial charge in [-0.25, -0.2) is 9.97 Å². The van der Waals surface area contributed by atoms with Gasteiger partial charge in [0.25, 0.3) is 0 Å². The van der Waals surface area contributed by atoms with E-state index in [0.717, 1.165) is 28.0 Å². The Balaban J connectivity index is 2.31. The molecule has 1 aromatic carbocycles. The minimum atomic E-state index is -0.484. The predicted octanol–water partition coefficient (Wildman–Crippen LogP) is 3.08. The van der Waals surface area contributed by atoms with Gasteiger partial charge in [0, 0.05) is 24.9 Å². The average molecular weight is 241 g/mol. The van der Waals surface area contributed by atoms with Crippen molar-refractivity contribution in [3.8, 4) is 11.4 Å². The molecule has 0 bridgehead atoms. The highest BCUT2D eigenvalue weighted by molar-refractivity contribution is 5.80. The van der Waals surface area contributed by atoms with Crippen LogP contribution < -0.4 is 0 Å². The minimum absolute atomic E-state index is 0.484. The van der Waals surface area contributed by atoms with Crippen molar-refractivity contribution in [3.63, 3.8) is 0 Å². The number of para-hydroxylation sites is 2. The molecule has 0 N–H and O–H groups in total. The van der Waals surface area contributed by atoms with Crippen LogP contribution in [0.5, 0.6) is 0 Å². The smallest absolute Gasteiger partial charge is 0.213 e. The standard InChI is InChI=1S/C14H12FN3/c1-9-8-16-13(15)7-10(9)14-17-11-5-3-4-6-12(11)18(14)2/h3-8H,1-2H3. The van der Waals surface area contributed by atoms with Gasteiger partial charge in [0.1, 0.15) is 5.82 Å². The van der Waals surface area contributed by atoms with Crippen LogP contribution in [0.3, 0.4) is 0 Å². The number of fused-ring (bicyclic) bond motifs is 1. The Labute approximate surface area is 104 Å². The normalized spacial score (nSPS) is 11.1. The first kappa shape index (κ1) is 10.9. The molecular formula is C14H12FN3. The summed E-state index contributed by atoms with van der Waals surface area (Å²) in [6, 6.07) is 9.29. The Bertz CT molecular complexity index is 731. The fourth-order valence-corrected chi connectivity index (χ4v) is 2.13. The molecule has 2 heterocycles. The monoisotopic (exact) mass is 241 g/mol. The lowest BCUT2D eigenvalue weighted by atomic mass is 10.1. The fourth-order valence-electron chi connectivity index (χ4n) is 2.13. The maximum atomic E-state index is 13.3. The van der Waals surface area contributed by atoms with Crippen molar-refractivity contribution < 1.29 is 4.39 Å². The molecule has 0 amide bonds. The maximum Gasteiger partial charge on any atom is 0.213 e. The largest absolute Gasteiger partial charge is 0.327 e. The van der Waals surface area contributed by atoms with E-state index in [1.54, 1.807) is 0 Å². The number of rotatable bonds is 1. The number of halogens is 1. The van der Waals surface area contributed by atoms with E-state index in [-0.39, 0.29) is 0 Å². The molecule has 3 nitrogen and oxygen atoms in total. The summed E-state index contributed by atoms with van der Waals surface area (Å²) >= 11 is 0. The lowest BCUT2D eigenvalue weighted by Crippen LogP contribution is -1.96. The van der Waals surface area contributed by atoms with Crippen LogP contribution in [-0.2, 0) is 7.05 Å². The van der Waals surface area contributed by atoms with Gasteiger partial charge in [0.15, 0.2) is 0 Å². The van der Waals surface area contributed by atoms with Gasteiger partial charge in [-0.05, 0) is 24.6 Å². The molecule has 0 aliphatic heterocycles. The van der Waals surface area contributed by atoms with Gasteiger partial charge in [-0.1, -0.05) is 12.1 Å². The summed E-state index contributed by atoms with van der Waals surface area (Å²) < 4.78 is 15.2. The van der Waals surface area contributed by atoms with Crippen LogP contribution >= 0.6 is 0 Å². The van der Waals surface area contributed by atoms with Crippen molar-refractivity contribution in [3.05, 3.63) is 48.0 Å². The van der Waals surface area contributed by atoms with Gasteiger partial charge in [0.05, 0.1) is 11.0 Å². The van der Waals surface area contributed by atoms with E-state index in [4.69, 9.17) is 0 Å². The van der Waals surface area contributed by atoms with Crippen LogP contribution in [0.1, 0.15) is 5.56 Å². The molecule has 0 radical (unpaired) electrons. The highest BCUT2D eigenvalue weighted by Gasteiger charge is 2.12. The molecular weight excluding hydrogens is 229 g/mol. The zero-order valence-electron chi connectivity index (χ0n) is 10.2. The van der Waals surface area contributed by atoms with E-state index < -0.39 is 5.95 Å². The van der Waals surface area contributed by atoms with E-state index in [0.29, 0.717) is 0 Å². The molecule has 0 saturated heterocycles. The maximum absolute atomic E-state index is 13.3. The van der Waals surface area contributed by atoms with Crippen LogP contribution in [0.4, 0.5) is 4.39 Å². The molecule has 0 aliphatic rings. The van der Waals surface area contributed by atoms with Crippen LogP contribution in [0.25, 0.3) is 22.4 Å². The zero-order chi connectivity index (χ0) is 12.7. The van der Waals surface area contributed by atoms with E-state index >= 15 is 0 Å². The van der Waals surface area contributed by atoms with Crippen molar-refractivity contribution >= 4 is 11.0 Å². The summed E-state index contributed by atoms with van der Waals surface area (Å²) in [5.74, 6) is 0.276. The lowest BCUT2D eigenvalue weighted by Gasteiger charge is -2.05. The number of hydrogen-bond donors (Lipinski definition) is 0. The summed E-state index contributed by atoms with van der Waals surface area (Å²) in [4.78, 5) is 8.20. The second-order valence-corrected chi connectivity index (χ2v) is 4.31. The SMILES string of the molecule is Cc1cnc(F)cc1-c1nc2ccccc2n1C. The second kappa shape index (κ2) is 3.91. The van der Waals surface area contributed by atoms with Gasteiger partial charge < -0.3 is 4.57 Å². The second-order valence-electron chi connectivity index (χ2n) is 4.31. The Morgan fingerprint density at radius 3 is 2.78 bits per heavy atom. The number of aromatic nitrogens is 3. The first-order valence-electron chi connectivity index (χ1n) is 5.71. The van der Waals surface area contributed by atoms with E-state index in [1.807, 2.05) is 42.8 Å². The molecule has 0 atom stereocenters. The molecule has 0 saturated carbocycles.